The standard InChI is InChI=1S/C17H23BrN4O3/c1-4-21(5-2)11-13-7-8-15(25-13)17(24)20-19-16(23)14-9-12(18)10-22(14)6-3/h7-10H,4-6,11H2,1-3H3,(H,19,23)(H,20,24). The second-order valence-corrected chi connectivity index (χ2v) is 6.38. The quantitative estimate of drug-likeness (QED) is 0.687. The Morgan fingerprint density at radius 2 is 1.84 bits per heavy atom. The highest BCUT2D eigenvalue weighted by Crippen LogP contribution is 2.15. The summed E-state index contributed by atoms with van der Waals surface area (Å²) in [5.41, 5.74) is 5.24. The Bertz CT molecular complexity index is 734. The highest BCUT2D eigenvalue weighted by molar-refractivity contribution is 9.10. The molecule has 2 aromatic rings. The molecule has 0 spiro atoms. The SMILES string of the molecule is CCN(CC)Cc1ccc(C(=O)NNC(=O)c2cc(Br)cn2CC)o1. The van der Waals surface area contributed by atoms with E-state index in [1.54, 1.807) is 22.8 Å². The van der Waals surface area contributed by atoms with Gasteiger partial charge in [0.2, 0.25) is 0 Å². The fourth-order valence-electron chi connectivity index (χ4n) is 2.42. The molecule has 0 saturated carbocycles. The summed E-state index contributed by atoms with van der Waals surface area (Å²) in [7, 11) is 0. The number of rotatable bonds is 7. The highest BCUT2D eigenvalue weighted by atomic mass is 79.9. The van der Waals surface area contributed by atoms with Crippen LogP contribution in [0.5, 0.6) is 0 Å². The molecule has 2 aromatic heterocycles. The van der Waals surface area contributed by atoms with Crippen LogP contribution in [0.4, 0.5) is 0 Å². The van der Waals surface area contributed by atoms with Crippen LogP contribution >= 0.6 is 15.9 Å². The summed E-state index contributed by atoms with van der Waals surface area (Å²) >= 11 is 3.34. The predicted octanol–water partition coefficient (Wildman–Crippen LogP) is 2.78. The van der Waals surface area contributed by atoms with Crippen LogP contribution in [0.1, 0.15) is 47.6 Å². The molecule has 0 atom stereocenters. The maximum absolute atomic E-state index is 12.2. The van der Waals surface area contributed by atoms with Gasteiger partial charge in [0.25, 0.3) is 5.91 Å². The van der Waals surface area contributed by atoms with Crippen molar-refractivity contribution in [3.05, 3.63) is 46.1 Å². The first kappa shape index (κ1) is 19.3. The molecule has 8 heteroatoms. The fraction of sp³-hybridized carbons (Fsp3) is 0.412. The molecule has 7 nitrogen and oxygen atoms in total. The molecule has 0 aromatic carbocycles. The van der Waals surface area contributed by atoms with Crippen molar-refractivity contribution in [3.8, 4) is 0 Å². The predicted molar refractivity (Wildman–Crippen MR) is 98.1 cm³/mol. The van der Waals surface area contributed by atoms with E-state index in [-0.39, 0.29) is 5.76 Å². The van der Waals surface area contributed by atoms with Crippen LogP contribution in [-0.2, 0) is 13.1 Å². The zero-order valence-corrected chi connectivity index (χ0v) is 16.2. The second-order valence-electron chi connectivity index (χ2n) is 5.47. The third-order valence-corrected chi connectivity index (χ3v) is 4.32. The topological polar surface area (TPSA) is 79.5 Å². The number of hydrogen-bond donors (Lipinski definition) is 2. The monoisotopic (exact) mass is 410 g/mol. The maximum Gasteiger partial charge on any atom is 0.305 e. The van der Waals surface area contributed by atoms with Gasteiger partial charge < -0.3 is 8.98 Å². The van der Waals surface area contributed by atoms with Crippen molar-refractivity contribution in [1.82, 2.24) is 20.3 Å². The van der Waals surface area contributed by atoms with Crippen molar-refractivity contribution in [3.63, 3.8) is 0 Å². The average molecular weight is 411 g/mol. The van der Waals surface area contributed by atoms with E-state index < -0.39 is 11.8 Å². The van der Waals surface area contributed by atoms with Crippen molar-refractivity contribution in [2.24, 2.45) is 0 Å². The number of carbonyl (C=O) groups excluding carboxylic acids is 2. The van der Waals surface area contributed by atoms with Gasteiger partial charge in [-0.25, -0.2) is 0 Å². The molecule has 25 heavy (non-hydrogen) atoms. The molecule has 0 saturated heterocycles. The number of hydrazine groups is 1. The number of aromatic nitrogens is 1. The summed E-state index contributed by atoms with van der Waals surface area (Å²) < 4.78 is 8.13. The Hall–Kier alpha value is -2.06. The zero-order valence-electron chi connectivity index (χ0n) is 14.6. The van der Waals surface area contributed by atoms with Crippen molar-refractivity contribution in [1.29, 1.82) is 0 Å². The number of halogens is 1. The van der Waals surface area contributed by atoms with E-state index in [9.17, 15) is 9.59 Å². The average Bonchev–Trinajstić information content (AvgIpc) is 3.23. The molecule has 2 amide bonds. The summed E-state index contributed by atoms with van der Waals surface area (Å²) in [5.74, 6) is -0.0119. The molecule has 0 aliphatic carbocycles. The molecule has 0 unspecified atom stereocenters. The Morgan fingerprint density at radius 1 is 1.16 bits per heavy atom. The maximum atomic E-state index is 12.2. The van der Waals surface area contributed by atoms with Crippen LogP contribution < -0.4 is 10.9 Å². The van der Waals surface area contributed by atoms with Crippen LogP contribution in [0.3, 0.4) is 0 Å². The van der Waals surface area contributed by atoms with Gasteiger partial charge in [0.15, 0.2) is 5.76 Å². The van der Waals surface area contributed by atoms with Crippen LogP contribution in [0, 0.1) is 0 Å². The van der Waals surface area contributed by atoms with E-state index in [1.165, 1.54) is 0 Å². The lowest BCUT2D eigenvalue weighted by molar-refractivity contribution is 0.0824. The molecule has 0 aliphatic heterocycles. The van der Waals surface area contributed by atoms with Crippen LogP contribution in [0.2, 0.25) is 0 Å². The minimum absolute atomic E-state index is 0.162. The first-order chi connectivity index (χ1) is 12.0. The summed E-state index contributed by atoms with van der Waals surface area (Å²) in [4.78, 5) is 26.5. The Labute approximate surface area is 155 Å². The summed E-state index contributed by atoms with van der Waals surface area (Å²) in [6.45, 7) is 9.17. The molecule has 0 radical (unpaired) electrons. The number of amides is 2. The van der Waals surface area contributed by atoms with Crippen molar-refractivity contribution in [2.75, 3.05) is 13.1 Å². The Balaban J connectivity index is 1.94. The van der Waals surface area contributed by atoms with Crippen LogP contribution in [0.25, 0.3) is 0 Å². The van der Waals surface area contributed by atoms with Gasteiger partial charge in [-0.2, -0.15) is 0 Å². The summed E-state index contributed by atoms with van der Waals surface area (Å²) in [6.07, 6.45) is 1.81. The fourth-order valence-corrected chi connectivity index (χ4v) is 2.88. The van der Waals surface area contributed by atoms with Crippen LogP contribution in [0.15, 0.2) is 33.3 Å². The first-order valence-corrected chi connectivity index (χ1v) is 9.05. The molecule has 2 rings (SSSR count). The lowest BCUT2D eigenvalue weighted by atomic mass is 10.4. The van der Waals surface area contributed by atoms with Gasteiger partial charge in [0.05, 0.1) is 6.54 Å². The molecular weight excluding hydrogens is 388 g/mol. The second kappa shape index (κ2) is 8.87. The van der Waals surface area contributed by atoms with Gasteiger partial charge in [0, 0.05) is 17.2 Å². The molecule has 0 aliphatic rings. The minimum atomic E-state index is -0.493. The molecule has 0 fully saturated rings. The third kappa shape index (κ3) is 4.96. The normalized spacial score (nSPS) is 10.9. The van der Waals surface area contributed by atoms with Gasteiger partial charge in [0.1, 0.15) is 11.5 Å². The van der Waals surface area contributed by atoms with E-state index in [2.05, 4.69) is 45.5 Å². The van der Waals surface area contributed by atoms with E-state index in [1.807, 2.05) is 13.1 Å². The largest absolute Gasteiger partial charge is 0.454 e. The molecule has 136 valence electrons. The number of furan rings is 1. The van der Waals surface area contributed by atoms with Gasteiger partial charge >= 0.3 is 5.91 Å². The molecule has 0 bridgehead atoms. The zero-order chi connectivity index (χ0) is 18.4. The smallest absolute Gasteiger partial charge is 0.305 e. The van der Waals surface area contributed by atoms with Crippen molar-refractivity contribution < 1.29 is 14.0 Å². The van der Waals surface area contributed by atoms with Gasteiger partial charge in [-0.1, -0.05) is 13.8 Å². The lowest BCUT2D eigenvalue weighted by Crippen LogP contribution is -2.42. The van der Waals surface area contributed by atoms with Gasteiger partial charge in [-0.3, -0.25) is 25.3 Å². The van der Waals surface area contributed by atoms with Crippen molar-refractivity contribution >= 4 is 27.7 Å². The lowest BCUT2D eigenvalue weighted by Gasteiger charge is -2.15. The number of carbonyl (C=O) groups is 2. The van der Waals surface area contributed by atoms with Crippen LogP contribution in [-0.4, -0.2) is 34.4 Å². The summed E-state index contributed by atoms with van der Waals surface area (Å²) in [6, 6.07) is 5.07. The number of aryl methyl sites for hydroxylation is 1. The molecule has 2 heterocycles. The number of hydrogen-bond acceptors (Lipinski definition) is 4. The van der Waals surface area contributed by atoms with Gasteiger partial charge in [-0.05, 0) is 54.1 Å². The number of nitrogens with one attached hydrogen (secondary N) is 2. The third-order valence-electron chi connectivity index (χ3n) is 3.89. The van der Waals surface area contributed by atoms with Crippen molar-refractivity contribution in [2.45, 2.75) is 33.9 Å². The Morgan fingerprint density at radius 3 is 2.48 bits per heavy atom. The van der Waals surface area contributed by atoms with E-state index >= 15 is 0 Å². The summed E-state index contributed by atoms with van der Waals surface area (Å²) in [5, 5.41) is 0. The van der Waals surface area contributed by atoms with E-state index in [0.29, 0.717) is 24.5 Å². The highest BCUT2D eigenvalue weighted by Gasteiger charge is 2.16. The van der Waals surface area contributed by atoms with Gasteiger partial charge in [-0.15, -0.1) is 0 Å². The van der Waals surface area contributed by atoms with E-state index in [0.717, 1.165) is 17.6 Å². The minimum Gasteiger partial charge on any atom is -0.454 e. The first-order valence-electron chi connectivity index (χ1n) is 8.25. The molecule has 2 N–H and O–H groups in total. The number of nitrogens with zero attached hydrogens (tertiary/aromatic N) is 2. The molecular formula is C17H23BrN4O3. The Kier molecular flexibility index (Phi) is 6.83. The van der Waals surface area contributed by atoms with E-state index in [4.69, 9.17) is 4.42 Å².